The van der Waals surface area contributed by atoms with Crippen LogP contribution in [0.5, 0.6) is 0 Å². The normalized spacial score (nSPS) is 12.0. The van der Waals surface area contributed by atoms with E-state index >= 15 is 0 Å². The van der Waals surface area contributed by atoms with Crippen molar-refractivity contribution in [2.45, 2.75) is 0 Å². The molecule has 0 bridgehead atoms. The molecule has 0 saturated heterocycles. The molecule has 4 heterocycles. The highest BCUT2D eigenvalue weighted by Crippen LogP contribution is 2.45. The minimum absolute atomic E-state index is 0.773. The van der Waals surface area contributed by atoms with Gasteiger partial charge in [0, 0.05) is 50.5 Å². The Morgan fingerprint density at radius 2 is 1.12 bits per heavy atom. The summed E-state index contributed by atoms with van der Waals surface area (Å²) in [4.78, 5) is 9.39. The summed E-state index contributed by atoms with van der Waals surface area (Å²) in [5.74, 6) is 0. The smallest absolute Gasteiger partial charge is 0.153 e. The summed E-state index contributed by atoms with van der Waals surface area (Å²) in [6, 6.07) is 49.3. The van der Waals surface area contributed by atoms with E-state index in [9.17, 15) is 0 Å². The summed E-state index contributed by atoms with van der Waals surface area (Å²) in [6.07, 6.45) is 5.62. The largest absolute Gasteiger partial charge is 0.455 e. The minimum Gasteiger partial charge on any atom is -0.455 e. The second kappa shape index (κ2) is 10.4. The Morgan fingerprint density at radius 3 is 1.94 bits per heavy atom. The molecule has 0 N–H and O–H groups in total. The zero-order valence-electron chi connectivity index (χ0n) is 26.7. The fourth-order valence-electron chi connectivity index (χ4n) is 8.02. The Labute approximate surface area is 285 Å². The first-order valence-electron chi connectivity index (χ1n) is 16.8. The Balaban J connectivity index is 1.16. The highest BCUT2D eigenvalue weighted by atomic mass is 16.3. The van der Waals surface area contributed by atoms with Gasteiger partial charge in [-0.25, -0.2) is 0 Å². The highest BCUT2D eigenvalue weighted by Gasteiger charge is 2.20. The van der Waals surface area contributed by atoms with Crippen LogP contribution in [0.1, 0.15) is 0 Å². The maximum Gasteiger partial charge on any atom is 0.153 e. The van der Waals surface area contributed by atoms with Crippen molar-refractivity contribution in [3.63, 3.8) is 0 Å². The summed E-state index contributed by atoms with van der Waals surface area (Å²) in [5, 5.41) is 11.3. The topological polar surface area (TPSA) is 52.1 Å². The van der Waals surface area contributed by atoms with Crippen LogP contribution in [0.4, 0.5) is 0 Å². The Bertz CT molecular complexity index is 3110. The molecule has 0 unspecified atom stereocenters. The van der Waals surface area contributed by atoms with Gasteiger partial charge in [0.05, 0.1) is 11.9 Å². The molecule has 0 aliphatic carbocycles. The quantitative estimate of drug-likeness (QED) is 0.181. The maximum absolute atomic E-state index is 6.45. The molecule has 0 radical (unpaired) electrons. The molecule has 50 heavy (non-hydrogen) atoms. The number of nitrogens with zero attached hydrogens (tertiary/aromatic N) is 2. The zero-order valence-corrected chi connectivity index (χ0v) is 26.7. The van der Waals surface area contributed by atoms with Crippen LogP contribution in [0.3, 0.4) is 0 Å². The van der Waals surface area contributed by atoms with Crippen molar-refractivity contribution in [2.75, 3.05) is 0 Å². The van der Waals surface area contributed by atoms with E-state index in [1.165, 1.54) is 16.3 Å². The van der Waals surface area contributed by atoms with Crippen molar-refractivity contribution < 1.29 is 8.83 Å². The Morgan fingerprint density at radius 1 is 0.420 bits per heavy atom. The number of para-hydroxylation sites is 2. The number of benzene rings is 7. The summed E-state index contributed by atoms with van der Waals surface area (Å²) >= 11 is 0. The predicted octanol–water partition coefficient (Wildman–Crippen LogP) is 12.7. The van der Waals surface area contributed by atoms with Crippen molar-refractivity contribution in [1.29, 1.82) is 0 Å². The number of hydrogen-bond donors (Lipinski definition) is 0. The van der Waals surface area contributed by atoms with Crippen molar-refractivity contribution >= 4 is 76.2 Å². The molecule has 0 atom stereocenters. The molecule has 0 fully saturated rings. The monoisotopic (exact) mass is 638 g/mol. The van der Waals surface area contributed by atoms with Crippen molar-refractivity contribution in [3.05, 3.63) is 158 Å². The van der Waals surface area contributed by atoms with E-state index in [0.29, 0.717) is 0 Å². The summed E-state index contributed by atoms with van der Waals surface area (Å²) in [6.45, 7) is 0. The number of aromatic nitrogens is 2. The molecule has 4 heteroatoms. The number of pyridine rings is 2. The molecule has 0 spiro atoms. The first-order chi connectivity index (χ1) is 24.8. The molecule has 4 aromatic heterocycles. The maximum atomic E-state index is 6.45. The van der Waals surface area contributed by atoms with Gasteiger partial charge < -0.3 is 8.83 Å². The van der Waals surface area contributed by atoms with Gasteiger partial charge in [0.15, 0.2) is 5.58 Å². The summed E-state index contributed by atoms with van der Waals surface area (Å²) in [5.41, 5.74) is 10.0. The molecular weight excluding hydrogens is 613 g/mol. The third kappa shape index (κ3) is 3.87. The van der Waals surface area contributed by atoms with Crippen LogP contribution in [0.2, 0.25) is 0 Å². The van der Waals surface area contributed by atoms with Crippen LogP contribution >= 0.6 is 0 Å². The fourth-order valence-corrected chi connectivity index (χ4v) is 8.02. The van der Waals surface area contributed by atoms with Gasteiger partial charge in [0.2, 0.25) is 0 Å². The number of hydrogen-bond acceptors (Lipinski definition) is 4. The molecule has 4 nitrogen and oxygen atoms in total. The lowest BCUT2D eigenvalue weighted by molar-refractivity contribution is 0.667. The first-order valence-corrected chi connectivity index (χ1v) is 16.8. The van der Waals surface area contributed by atoms with E-state index in [1.54, 1.807) is 0 Å². The second-order valence-electron chi connectivity index (χ2n) is 12.9. The lowest BCUT2D eigenvalue weighted by Crippen LogP contribution is -1.92. The molecular formula is C46H26N2O2. The van der Waals surface area contributed by atoms with E-state index in [0.717, 1.165) is 93.4 Å². The van der Waals surface area contributed by atoms with E-state index < -0.39 is 0 Å². The molecule has 0 aliphatic heterocycles. The predicted molar refractivity (Wildman–Crippen MR) is 205 cm³/mol. The fraction of sp³-hybridized carbons (Fsp3) is 0. The Kier molecular flexibility index (Phi) is 5.63. The second-order valence-corrected chi connectivity index (χ2v) is 12.9. The third-order valence-corrected chi connectivity index (χ3v) is 10.2. The molecule has 0 saturated carbocycles. The average molecular weight is 639 g/mol. The van der Waals surface area contributed by atoms with E-state index in [-0.39, 0.29) is 0 Å². The summed E-state index contributed by atoms with van der Waals surface area (Å²) < 4.78 is 12.8. The van der Waals surface area contributed by atoms with Crippen LogP contribution in [-0.4, -0.2) is 9.97 Å². The van der Waals surface area contributed by atoms with E-state index in [2.05, 4.69) is 126 Å². The van der Waals surface area contributed by atoms with Gasteiger partial charge >= 0.3 is 0 Å². The van der Waals surface area contributed by atoms with Crippen molar-refractivity contribution in [1.82, 2.24) is 9.97 Å². The van der Waals surface area contributed by atoms with Gasteiger partial charge in [0.25, 0.3) is 0 Å². The first kappa shape index (κ1) is 27.2. The van der Waals surface area contributed by atoms with Gasteiger partial charge in [-0.3, -0.25) is 9.97 Å². The molecule has 11 rings (SSSR count). The van der Waals surface area contributed by atoms with Crippen molar-refractivity contribution in [3.8, 4) is 33.5 Å². The van der Waals surface area contributed by atoms with Gasteiger partial charge in [-0.15, -0.1) is 0 Å². The number of fused-ring (bicyclic) bond motifs is 10. The van der Waals surface area contributed by atoms with Gasteiger partial charge in [-0.2, -0.15) is 0 Å². The Hall–Kier alpha value is -6.78. The molecule has 0 aliphatic rings. The standard InChI is InChI=1S/C46H26N2O2/c1-3-14-35-33(12-1)43(28-10-7-9-27(23-28)31-16-8-17-37-32-11-5-6-18-40(32)50-46(31)37)34-13-2-4-15-36(34)44(35)39-24-38-42(26-48-39)49-41-20-19-29-25-47-22-21-30(29)45(38)41/h1-26H. The summed E-state index contributed by atoms with van der Waals surface area (Å²) in [7, 11) is 0. The molecule has 0 amide bonds. The van der Waals surface area contributed by atoms with Crippen LogP contribution in [0.15, 0.2) is 167 Å². The average Bonchev–Trinajstić information content (AvgIpc) is 3.75. The van der Waals surface area contributed by atoms with Crippen LogP contribution in [0, 0.1) is 0 Å². The van der Waals surface area contributed by atoms with Gasteiger partial charge in [-0.1, -0.05) is 103 Å². The SMILES string of the molecule is c1cc(-c2c3ccccc3c(-c3cc4c(cn3)oc3ccc5cnccc5c34)c3ccccc23)cc(-c2cccc3c2oc2ccccc23)c1. The third-order valence-electron chi connectivity index (χ3n) is 10.2. The van der Waals surface area contributed by atoms with E-state index in [4.69, 9.17) is 13.8 Å². The van der Waals surface area contributed by atoms with Crippen LogP contribution < -0.4 is 0 Å². The lowest BCUT2D eigenvalue weighted by Gasteiger charge is -2.17. The molecule has 7 aromatic carbocycles. The number of rotatable bonds is 3. The zero-order chi connectivity index (χ0) is 32.8. The van der Waals surface area contributed by atoms with Crippen LogP contribution in [-0.2, 0) is 0 Å². The van der Waals surface area contributed by atoms with Gasteiger partial charge in [-0.05, 0) is 80.0 Å². The van der Waals surface area contributed by atoms with Crippen LogP contribution in [0.25, 0.3) is 110 Å². The van der Waals surface area contributed by atoms with Gasteiger partial charge in [0.1, 0.15) is 16.7 Å². The number of furan rings is 2. The van der Waals surface area contributed by atoms with E-state index in [1.807, 2.05) is 36.8 Å². The minimum atomic E-state index is 0.773. The molecule has 11 aromatic rings. The molecule has 232 valence electrons. The van der Waals surface area contributed by atoms with Crippen molar-refractivity contribution in [2.24, 2.45) is 0 Å². The lowest BCUT2D eigenvalue weighted by atomic mass is 9.86. The highest BCUT2D eigenvalue weighted by molar-refractivity contribution is 6.23.